The molecular weight excluding hydrogens is 438 g/mol. The van der Waals surface area contributed by atoms with Gasteiger partial charge in [0.2, 0.25) is 11.6 Å². The Morgan fingerprint density at radius 1 is 0.886 bits per heavy atom. The lowest BCUT2D eigenvalue weighted by atomic mass is 9.95. The molecule has 7 nitrogen and oxygen atoms in total. The number of hydrogen-bond acceptors (Lipinski definition) is 5. The molecule has 1 unspecified atom stereocenters. The molecule has 7 heteroatoms. The summed E-state index contributed by atoms with van der Waals surface area (Å²) in [7, 11) is 0. The summed E-state index contributed by atoms with van der Waals surface area (Å²) in [5.74, 6) is -0.731. The quantitative estimate of drug-likeness (QED) is 0.449. The first-order valence-corrected chi connectivity index (χ1v) is 11.8. The smallest absolute Gasteiger partial charge is 0.300 e. The number of para-hydroxylation sites is 1. The molecule has 0 aromatic heterocycles. The third-order valence-corrected chi connectivity index (χ3v) is 5.36. The van der Waals surface area contributed by atoms with Crippen LogP contribution in [0.15, 0.2) is 90.0 Å². The van der Waals surface area contributed by atoms with Gasteiger partial charge >= 0.3 is 5.91 Å². The van der Waals surface area contributed by atoms with Gasteiger partial charge in [-0.05, 0) is 44.3 Å². The first kappa shape index (κ1) is 25.6. The predicted molar refractivity (Wildman–Crippen MR) is 142 cm³/mol. The zero-order valence-corrected chi connectivity index (χ0v) is 20.7. The summed E-state index contributed by atoms with van der Waals surface area (Å²) < 4.78 is 0. The zero-order chi connectivity index (χ0) is 25.3. The van der Waals surface area contributed by atoms with Crippen molar-refractivity contribution in [3.8, 4) is 0 Å². The zero-order valence-electron chi connectivity index (χ0n) is 20.7. The summed E-state index contributed by atoms with van der Waals surface area (Å²) in [6, 6.07) is 26.2. The Labute approximate surface area is 207 Å². The highest BCUT2D eigenvalue weighted by atomic mass is 16.2. The highest BCUT2D eigenvalue weighted by Gasteiger charge is 2.53. The lowest BCUT2D eigenvalue weighted by Gasteiger charge is -2.31. The maximum atomic E-state index is 13.8. The van der Waals surface area contributed by atoms with Crippen molar-refractivity contribution >= 4 is 28.9 Å². The number of rotatable bonds is 7. The average Bonchev–Trinajstić information content (AvgIpc) is 3.13. The van der Waals surface area contributed by atoms with Crippen molar-refractivity contribution in [2.45, 2.75) is 33.4 Å². The number of aryl methyl sites for hydroxylation is 1. The van der Waals surface area contributed by atoms with Crippen molar-refractivity contribution in [1.82, 2.24) is 10.6 Å². The molecule has 3 aromatic carbocycles. The third-order valence-electron chi connectivity index (χ3n) is 5.36. The van der Waals surface area contributed by atoms with Gasteiger partial charge in [0, 0.05) is 18.2 Å². The maximum Gasteiger partial charge on any atom is 0.300 e. The second kappa shape index (κ2) is 11.9. The predicted octanol–water partition coefficient (Wildman–Crippen LogP) is 4.31. The van der Waals surface area contributed by atoms with Crippen molar-refractivity contribution < 1.29 is 9.59 Å². The molecule has 0 fully saturated rings. The molecule has 0 spiro atoms. The first-order valence-electron chi connectivity index (χ1n) is 11.8. The van der Waals surface area contributed by atoms with E-state index >= 15 is 0 Å². The van der Waals surface area contributed by atoms with Crippen LogP contribution >= 0.6 is 0 Å². The van der Waals surface area contributed by atoms with Crippen LogP contribution in [0.1, 0.15) is 31.9 Å². The molecule has 3 aromatic rings. The number of carbonyl (C=O) groups is 2. The SMILES string of the molecule is CC(=O)NC1(Nc2ccccc2)C(=O)N(c2ccc(C)cc2)N=C1c1ccccc1.CCNCC. The van der Waals surface area contributed by atoms with Crippen LogP contribution in [-0.4, -0.2) is 36.3 Å². The van der Waals surface area contributed by atoms with E-state index in [1.165, 1.54) is 11.9 Å². The van der Waals surface area contributed by atoms with Crippen molar-refractivity contribution in [2.75, 3.05) is 23.4 Å². The van der Waals surface area contributed by atoms with Gasteiger partial charge in [-0.25, -0.2) is 0 Å². The van der Waals surface area contributed by atoms with Crippen molar-refractivity contribution in [3.63, 3.8) is 0 Å². The molecule has 0 saturated heterocycles. The van der Waals surface area contributed by atoms with E-state index in [-0.39, 0.29) is 11.8 Å². The van der Waals surface area contributed by atoms with Crippen LogP contribution in [0.4, 0.5) is 11.4 Å². The van der Waals surface area contributed by atoms with Crippen LogP contribution in [-0.2, 0) is 9.59 Å². The number of nitrogens with one attached hydrogen (secondary N) is 3. The van der Waals surface area contributed by atoms with Crippen molar-refractivity contribution in [1.29, 1.82) is 0 Å². The van der Waals surface area contributed by atoms with Crippen LogP contribution in [0.25, 0.3) is 0 Å². The molecule has 3 N–H and O–H groups in total. The van der Waals surface area contributed by atoms with E-state index in [0.717, 1.165) is 24.2 Å². The fraction of sp³-hybridized carbons (Fsp3) is 0.250. The largest absolute Gasteiger partial charge is 0.350 e. The van der Waals surface area contributed by atoms with Crippen molar-refractivity contribution in [3.05, 3.63) is 96.1 Å². The highest BCUT2D eigenvalue weighted by Crippen LogP contribution is 2.31. The molecular formula is C28H33N5O2. The van der Waals surface area contributed by atoms with Crippen LogP contribution in [0.2, 0.25) is 0 Å². The van der Waals surface area contributed by atoms with Gasteiger partial charge in [0.15, 0.2) is 0 Å². The minimum atomic E-state index is -1.54. The molecule has 4 rings (SSSR count). The summed E-state index contributed by atoms with van der Waals surface area (Å²) in [6.07, 6.45) is 0. The molecule has 0 saturated carbocycles. The van der Waals surface area contributed by atoms with Gasteiger partial charge in [-0.15, -0.1) is 0 Å². The number of anilines is 2. The summed E-state index contributed by atoms with van der Waals surface area (Å²) in [5, 5.41) is 15.2. The van der Waals surface area contributed by atoms with Gasteiger partial charge in [0.25, 0.3) is 0 Å². The highest BCUT2D eigenvalue weighted by molar-refractivity contribution is 6.30. The topological polar surface area (TPSA) is 85.8 Å². The number of hydrazone groups is 1. The third kappa shape index (κ3) is 6.13. The second-order valence-corrected chi connectivity index (χ2v) is 8.15. The fourth-order valence-corrected chi connectivity index (χ4v) is 3.72. The van der Waals surface area contributed by atoms with E-state index in [2.05, 4.69) is 34.9 Å². The van der Waals surface area contributed by atoms with Gasteiger partial charge < -0.3 is 16.0 Å². The van der Waals surface area contributed by atoms with E-state index in [1.54, 1.807) is 0 Å². The van der Waals surface area contributed by atoms with Gasteiger partial charge in [0.05, 0.1) is 5.69 Å². The Morgan fingerprint density at radius 3 is 1.97 bits per heavy atom. The molecule has 0 radical (unpaired) electrons. The number of carbonyl (C=O) groups excluding carboxylic acids is 2. The number of hydrogen-bond donors (Lipinski definition) is 3. The summed E-state index contributed by atoms with van der Waals surface area (Å²) in [5.41, 5.74) is 2.01. The summed E-state index contributed by atoms with van der Waals surface area (Å²) in [4.78, 5) is 26.0. The summed E-state index contributed by atoms with van der Waals surface area (Å²) in [6.45, 7) is 9.76. The second-order valence-electron chi connectivity index (χ2n) is 8.15. The molecule has 0 bridgehead atoms. The number of nitrogens with zero attached hydrogens (tertiary/aromatic N) is 2. The van der Waals surface area contributed by atoms with Crippen LogP contribution in [0, 0.1) is 6.92 Å². The fourth-order valence-electron chi connectivity index (χ4n) is 3.72. The molecule has 182 valence electrons. The molecule has 35 heavy (non-hydrogen) atoms. The Kier molecular flexibility index (Phi) is 8.75. The number of amides is 2. The van der Waals surface area contributed by atoms with Gasteiger partial charge in [-0.3, -0.25) is 9.59 Å². The lowest BCUT2D eigenvalue weighted by Crippen LogP contribution is -2.64. The lowest BCUT2D eigenvalue weighted by molar-refractivity contribution is -0.127. The van der Waals surface area contributed by atoms with E-state index in [4.69, 9.17) is 0 Å². The van der Waals surface area contributed by atoms with Gasteiger partial charge in [-0.1, -0.05) is 80.1 Å². The Hall–Kier alpha value is -3.97. The number of benzene rings is 3. The van der Waals surface area contributed by atoms with Crippen LogP contribution in [0.3, 0.4) is 0 Å². The van der Waals surface area contributed by atoms with Crippen LogP contribution in [0.5, 0.6) is 0 Å². The molecule has 0 aliphatic carbocycles. The maximum absolute atomic E-state index is 13.8. The van der Waals surface area contributed by atoms with Crippen molar-refractivity contribution in [2.24, 2.45) is 5.10 Å². The Morgan fingerprint density at radius 2 is 1.46 bits per heavy atom. The van der Waals surface area contributed by atoms with E-state index in [9.17, 15) is 9.59 Å². The molecule has 2 amide bonds. The molecule has 1 heterocycles. The summed E-state index contributed by atoms with van der Waals surface area (Å²) >= 11 is 0. The normalized spacial score (nSPS) is 16.7. The average molecular weight is 472 g/mol. The van der Waals surface area contributed by atoms with E-state index in [0.29, 0.717) is 17.1 Å². The molecule has 1 atom stereocenters. The monoisotopic (exact) mass is 471 g/mol. The minimum Gasteiger partial charge on any atom is -0.350 e. The van der Waals surface area contributed by atoms with Crippen LogP contribution < -0.4 is 21.0 Å². The van der Waals surface area contributed by atoms with Gasteiger partial charge in [-0.2, -0.15) is 10.1 Å². The minimum absolute atomic E-state index is 0.346. The molecule has 1 aliphatic heterocycles. The standard InChI is InChI=1S/C24H22N4O2.C4H11N/c1-17-13-15-21(16-14-17)28-23(30)24(25-18(2)29,26-20-11-7-4-8-12-20)22(27-28)19-9-5-3-6-10-19;1-3-5-4-2/h3-16,26H,1-2H3,(H,25,29);5H,3-4H2,1-2H3. The van der Waals surface area contributed by atoms with E-state index < -0.39 is 5.66 Å². The van der Waals surface area contributed by atoms with Gasteiger partial charge in [0.1, 0.15) is 5.71 Å². The Bertz CT molecular complexity index is 1140. The van der Waals surface area contributed by atoms with E-state index in [1.807, 2.05) is 91.9 Å². The molecule has 1 aliphatic rings. The Balaban J connectivity index is 0.000000623. The first-order chi connectivity index (χ1) is 16.9.